The number of hydrogen-bond acceptors (Lipinski definition) is 3. The number of nitrogens with one attached hydrogen (secondary N) is 1. The van der Waals surface area contributed by atoms with Crippen molar-refractivity contribution in [2.24, 2.45) is 5.41 Å². The second-order valence-corrected chi connectivity index (χ2v) is 7.46. The topological polar surface area (TPSA) is 57.9 Å². The number of aromatic nitrogens is 2. The van der Waals surface area contributed by atoms with E-state index in [-0.39, 0.29) is 0 Å². The first-order chi connectivity index (χ1) is 9.94. The summed E-state index contributed by atoms with van der Waals surface area (Å²) < 4.78 is 0. The zero-order valence-electron chi connectivity index (χ0n) is 13.3. The van der Waals surface area contributed by atoms with E-state index in [0.717, 1.165) is 29.9 Å². The summed E-state index contributed by atoms with van der Waals surface area (Å²) >= 11 is 0. The van der Waals surface area contributed by atoms with Crippen LogP contribution in [0.5, 0.6) is 0 Å². The number of likely N-dealkylation sites (tertiary alicyclic amines) is 1. The van der Waals surface area contributed by atoms with Gasteiger partial charge in [-0.25, -0.2) is 0 Å². The van der Waals surface area contributed by atoms with Crippen molar-refractivity contribution in [2.45, 2.75) is 39.5 Å². The highest BCUT2D eigenvalue weighted by Crippen LogP contribution is 2.36. The number of anilines is 1. The largest absolute Gasteiger partial charge is 0.385 e. The van der Waals surface area contributed by atoms with Crippen LogP contribution in [0.2, 0.25) is 0 Å². The maximum Gasteiger partial charge on any atom is 0.106 e. The Balaban J connectivity index is 1.76. The van der Waals surface area contributed by atoms with Crippen LogP contribution >= 0.6 is 0 Å². The maximum atomic E-state index is 6.21. The third-order valence-corrected chi connectivity index (χ3v) is 4.32. The second-order valence-electron chi connectivity index (χ2n) is 7.46. The van der Waals surface area contributed by atoms with Crippen molar-refractivity contribution in [3.8, 4) is 0 Å². The summed E-state index contributed by atoms with van der Waals surface area (Å²) in [5.74, 6) is 1.34. The van der Waals surface area contributed by atoms with Gasteiger partial charge in [0.1, 0.15) is 5.82 Å². The molecule has 1 fully saturated rings. The number of nitrogen functional groups attached to an aromatic ring is 1. The van der Waals surface area contributed by atoms with Crippen LogP contribution < -0.4 is 5.73 Å². The number of hydrogen-bond donors (Lipinski definition) is 2. The lowest BCUT2D eigenvalue weighted by Gasteiger charge is -2.36. The predicted molar refractivity (Wildman–Crippen MR) is 88.4 cm³/mol. The zero-order valence-corrected chi connectivity index (χ0v) is 13.3. The molecule has 114 valence electrons. The van der Waals surface area contributed by atoms with Gasteiger partial charge in [0.15, 0.2) is 0 Å². The first-order valence-electron chi connectivity index (χ1n) is 7.88. The van der Waals surface area contributed by atoms with Crippen molar-refractivity contribution in [1.29, 1.82) is 0 Å². The van der Waals surface area contributed by atoms with Gasteiger partial charge in [-0.15, -0.1) is 0 Å². The van der Waals surface area contributed by atoms with Crippen LogP contribution in [-0.2, 0) is 0 Å². The van der Waals surface area contributed by atoms with Crippen LogP contribution in [0.4, 0.5) is 5.82 Å². The van der Waals surface area contributed by atoms with Crippen molar-refractivity contribution >= 4 is 16.9 Å². The highest BCUT2D eigenvalue weighted by molar-refractivity contribution is 5.85. The summed E-state index contributed by atoms with van der Waals surface area (Å²) in [7, 11) is 0. The van der Waals surface area contributed by atoms with Gasteiger partial charge in [-0.3, -0.25) is 4.98 Å². The molecule has 1 aliphatic rings. The fraction of sp³-hybridized carbons (Fsp3) is 0.588. The van der Waals surface area contributed by atoms with Gasteiger partial charge < -0.3 is 15.6 Å². The minimum absolute atomic E-state index is 0.369. The van der Waals surface area contributed by atoms with Crippen LogP contribution in [0.3, 0.4) is 0 Å². The predicted octanol–water partition coefficient (Wildman–Crippen LogP) is 3.37. The average Bonchev–Trinajstić information content (AvgIpc) is 2.74. The van der Waals surface area contributed by atoms with E-state index < -0.39 is 0 Å². The Morgan fingerprint density at radius 1 is 1.33 bits per heavy atom. The van der Waals surface area contributed by atoms with E-state index in [0.29, 0.717) is 11.3 Å². The molecule has 3 heterocycles. The Labute approximate surface area is 126 Å². The molecule has 0 bridgehead atoms. The molecule has 0 atom stereocenters. The van der Waals surface area contributed by atoms with Gasteiger partial charge in [-0.05, 0) is 49.4 Å². The summed E-state index contributed by atoms with van der Waals surface area (Å²) in [6.07, 6.45) is 4.20. The Morgan fingerprint density at radius 2 is 2.05 bits per heavy atom. The molecule has 0 aliphatic carbocycles. The molecule has 1 saturated heterocycles. The molecule has 2 aromatic rings. The fourth-order valence-electron chi connectivity index (χ4n) is 3.52. The first-order valence-corrected chi connectivity index (χ1v) is 7.88. The van der Waals surface area contributed by atoms with E-state index in [1.807, 2.05) is 12.3 Å². The van der Waals surface area contributed by atoms with Gasteiger partial charge in [0.25, 0.3) is 0 Å². The van der Waals surface area contributed by atoms with Crippen LogP contribution in [-0.4, -0.2) is 34.5 Å². The lowest BCUT2D eigenvalue weighted by molar-refractivity contribution is 0.154. The summed E-state index contributed by atoms with van der Waals surface area (Å²) in [6.45, 7) is 10.4. The number of rotatable bonds is 2. The summed E-state index contributed by atoms with van der Waals surface area (Å²) in [5, 5.41) is 0. The zero-order chi connectivity index (χ0) is 15.0. The number of nitrogens with two attached hydrogens (primary N) is 1. The van der Waals surface area contributed by atoms with Crippen LogP contribution in [0.25, 0.3) is 11.0 Å². The lowest BCUT2D eigenvalue weighted by Crippen LogP contribution is -2.38. The molecule has 0 aromatic carbocycles. The van der Waals surface area contributed by atoms with E-state index in [1.165, 1.54) is 24.9 Å². The van der Waals surface area contributed by atoms with E-state index >= 15 is 0 Å². The summed E-state index contributed by atoms with van der Waals surface area (Å²) in [5.41, 5.74) is 9.93. The molecule has 0 radical (unpaired) electrons. The van der Waals surface area contributed by atoms with Gasteiger partial charge in [-0.1, -0.05) is 20.8 Å². The molecular formula is C17H26N4. The molecular weight excluding hydrogens is 260 g/mol. The van der Waals surface area contributed by atoms with E-state index in [9.17, 15) is 0 Å². The van der Waals surface area contributed by atoms with Crippen LogP contribution in [0.15, 0.2) is 18.3 Å². The third kappa shape index (κ3) is 3.05. The number of pyridine rings is 1. The highest BCUT2D eigenvalue weighted by atomic mass is 15.1. The molecule has 0 spiro atoms. The Bertz CT molecular complexity index is 615. The Hall–Kier alpha value is -1.55. The molecule has 2 aromatic heterocycles. The van der Waals surface area contributed by atoms with Crippen molar-refractivity contribution in [3.63, 3.8) is 0 Å². The lowest BCUT2D eigenvalue weighted by atomic mass is 9.88. The van der Waals surface area contributed by atoms with Crippen molar-refractivity contribution in [1.82, 2.24) is 14.9 Å². The molecule has 0 unspecified atom stereocenters. The Morgan fingerprint density at radius 3 is 2.71 bits per heavy atom. The molecule has 3 rings (SSSR count). The first kappa shape index (κ1) is 14.4. The molecule has 4 heteroatoms. The Kier molecular flexibility index (Phi) is 3.66. The van der Waals surface area contributed by atoms with Gasteiger partial charge in [0.2, 0.25) is 0 Å². The third-order valence-electron chi connectivity index (χ3n) is 4.32. The monoisotopic (exact) mass is 286 g/mol. The molecule has 21 heavy (non-hydrogen) atoms. The molecule has 4 nitrogen and oxygen atoms in total. The number of piperidine rings is 1. The van der Waals surface area contributed by atoms with E-state index in [4.69, 9.17) is 5.73 Å². The molecule has 0 saturated carbocycles. The standard InChI is InChI=1S/C17H26N4/c1-17(2,3)11-21-9-6-12(7-10-21)14-15-13(20-16(14)18)5-4-8-19-15/h4-5,8,12,20H,6-7,9-11,18H2,1-3H3. The second kappa shape index (κ2) is 5.34. The summed E-state index contributed by atoms with van der Waals surface area (Å²) in [6, 6.07) is 4.00. The quantitative estimate of drug-likeness (QED) is 0.890. The molecule has 0 amide bonds. The average molecular weight is 286 g/mol. The smallest absolute Gasteiger partial charge is 0.106 e. The van der Waals surface area contributed by atoms with Gasteiger partial charge >= 0.3 is 0 Å². The fourth-order valence-corrected chi connectivity index (χ4v) is 3.52. The minimum atomic E-state index is 0.369. The number of H-pyrrole nitrogens is 1. The van der Waals surface area contributed by atoms with Crippen LogP contribution in [0.1, 0.15) is 45.1 Å². The molecule has 1 aliphatic heterocycles. The van der Waals surface area contributed by atoms with Crippen molar-refractivity contribution in [3.05, 3.63) is 23.9 Å². The number of aromatic amines is 1. The normalized spacial score (nSPS) is 18.4. The maximum absolute atomic E-state index is 6.21. The van der Waals surface area contributed by atoms with Gasteiger partial charge in [-0.2, -0.15) is 0 Å². The highest BCUT2D eigenvalue weighted by Gasteiger charge is 2.27. The van der Waals surface area contributed by atoms with Gasteiger partial charge in [0, 0.05) is 18.3 Å². The van der Waals surface area contributed by atoms with E-state index in [1.54, 1.807) is 0 Å². The molecule has 3 N–H and O–H groups in total. The van der Waals surface area contributed by atoms with Crippen molar-refractivity contribution < 1.29 is 0 Å². The van der Waals surface area contributed by atoms with Crippen LogP contribution in [0, 0.1) is 5.41 Å². The number of fused-ring (bicyclic) bond motifs is 1. The van der Waals surface area contributed by atoms with Gasteiger partial charge in [0.05, 0.1) is 11.0 Å². The summed E-state index contributed by atoms with van der Waals surface area (Å²) in [4.78, 5) is 10.4. The SMILES string of the molecule is CC(C)(C)CN1CCC(c2c(N)[nH]c3cccnc23)CC1. The minimum Gasteiger partial charge on any atom is -0.385 e. The van der Waals surface area contributed by atoms with E-state index in [2.05, 4.69) is 41.7 Å². The van der Waals surface area contributed by atoms with Crippen molar-refractivity contribution in [2.75, 3.05) is 25.4 Å². The number of nitrogens with zero attached hydrogens (tertiary/aromatic N) is 2.